The zero-order chi connectivity index (χ0) is 22.5. The summed E-state index contributed by atoms with van der Waals surface area (Å²) in [5, 5.41) is 1.91. The predicted octanol–water partition coefficient (Wildman–Crippen LogP) is 4.97. The summed E-state index contributed by atoms with van der Waals surface area (Å²) in [6.45, 7) is 5.60. The van der Waals surface area contributed by atoms with Crippen molar-refractivity contribution in [2.75, 3.05) is 28.4 Å². The van der Waals surface area contributed by atoms with E-state index in [0.717, 1.165) is 27.7 Å². The summed E-state index contributed by atoms with van der Waals surface area (Å²) in [5.74, 6) is 2.49. The van der Waals surface area contributed by atoms with Gasteiger partial charge in [-0.25, -0.2) is 0 Å². The molecule has 2 aromatic carbocycles. The van der Waals surface area contributed by atoms with Gasteiger partial charge in [0, 0.05) is 36.9 Å². The van der Waals surface area contributed by atoms with Gasteiger partial charge >= 0.3 is 0 Å². The number of pyridine rings is 1. The van der Waals surface area contributed by atoms with E-state index >= 15 is 0 Å². The lowest BCUT2D eigenvalue weighted by atomic mass is 10.0. The summed E-state index contributed by atoms with van der Waals surface area (Å²) in [7, 11) is 6.42. The normalized spacial score (nSPS) is 13.0. The molecule has 0 radical (unpaired) electrons. The Morgan fingerprint density at radius 3 is 1.77 bits per heavy atom. The highest BCUT2D eigenvalue weighted by Gasteiger charge is 2.16. The molecule has 2 unspecified atom stereocenters. The van der Waals surface area contributed by atoms with Gasteiger partial charge in [0.2, 0.25) is 0 Å². The molecule has 0 saturated carbocycles. The minimum atomic E-state index is -0.422. The first-order valence-electron chi connectivity index (χ1n) is 9.96. The average molecular weight is 427 g/mol. The number of hydrogen-bond acceptors (Lipinski definition) is 7. The number of fused-ring (bicyclic) bond motifs is 1. The number of rotatable bonds is 9. The quantitative estimate of drug-likeness (QED) is 0.447. The molecule has 1 aromatic heterocycles. The Hall–Kier alpha value is -3.03. The first-order valence-corrected chi connectivity index (χ1v) is 9.96. The van der Waals surface area contributed by atoms with Crippen LogP contribution >= 0.6 is 0 Å². The molecule has 0 N–H and O–H groups in total. The molecule has 31 heavy (non-hydrogen) atoms. The molecular weight excluding hydrogens is 398 g/mol. The van der Waals surface area contributed by atoms with E-state index in [1.165, 1.54) is 0 Å². The molecule has 2 atom stereocenters. The average Bonchev–Trinajstić information content (AvgIpc) is 2.77. The molecule has 0 aliphatic heterocycles. The van der Waals surface area contributed by atoms with Crippen LogP contribution in [0, 0.1) is 6.92 Å². The van der Waals surface area contributed by atoms with Gasteiger partial charge in [-0.15, -0.1) is 0 Å². The van der Waals surface area contributed by atoms with Crippen LogP contribution in [0.2, 0.25) is 0 Å². The summed E-state index contributed by atoms with van der Waals surface area (Å²) >= 11 is 0. The van der Waals surface area contributed by atoms with Gasteiger partial charge in [-0.3, -0.25) is 4.98 Å². The maximum absolute atomic E-state index is 5.89. The number of hydrogen-bond donors (Lipinski definition) is 0. The van der Waals surface area contributed by atoms with Crippen LogP contribution in [-0.2, 0) is 9.47 Å². The fourth-order valence-electron chi connectivity index (χ4n) is 3.26. The van der Waals surface area contributed by atoms with Crippen molar-refractivity contribution >= 4 is 10.8 Å². The lowest BCUT2D eigenvalue weighted by Gasteiger charge is -2.18. The summed E-state index contributed by atoms with van der Waals surface area (Å²) in [6, 6.07) is 11.5. The van der Waals surface area contributed by atoms with Gasteiger partial charge in [0.25, 0.3) is 0 Å². The van der Waals surface area contributed by atoms with E-state index in [9.17, 15) is 0 Å². The third-order valence-corrected chi connectivity index (χ3v) is 4.88. The highest BCUT2D eigenvalue weighted by Crippen LogP contribution is 2.38. The minimum Gasteiger partial charge on any atom is -0.493 e. The fourth-order valence-corrected chi connectivity index (χ4v) is 3.26. The van der Waals surface area contributed by atoms with Crippen molar-refractivity contribution < 1.29 is 28.4 Å². The third-order valence-electron chi connectivity index (χ3n) is 4.88. The number of ether oxygens (including phenoxy) is 6. The molecule has 3 aromatic rings. The lowest BCUT2D eigenvalue weighted by molar-refractivity contribution is -0.0424. The van der Waals surface area contributed by atoms with E-state index in [1.807, 2.05) is 51.1 Å². The highest BCUT2D eigenvalue weighted by atomic mass is 16.7. The molecule has 1 heterocycles. The third kappa shape index (κ3) is 5.18. The predicted molar refractivity (Wildman–Crippen MR) is 119 cm³/mol. The van der Waals surface area contributed by atoms with Crippen LogP contribution in [0.15, 0.2) is 36.4 Å². The van der Waals surface area contributed by atoms with Gasteiger partial charge in [-0.1, -0.05) is 0 Å². The van der Waals surface area contributed by atoms with Crippen molar-refractivity contribution in [3.05, 3.63) is 42.1 Å². The second-order valence-electron chi connectivity index (χ2n) is 7.08. The molecular formula is C24H29NO6. The van der Waals surface area contributed by atoms with Crippen molar-refractivity contribution in [2.24, 2.45) is 0 Å². The fraction of sp³-hybridized carbons (Fsp3) is 0.375. The number of benzene rings is 2. The van der Waals surface area contributed by atoms with E-state index in [2.05, 4.69) is 0 Å². The van der Waals surface area contributed by atoms with Crippen LogP contribution in [0.25, 0.3) is 22.0 Å². The second-order valence-corrected chi connectivity index (χ2v) is 7.08. The topological polar surface area (TPSA) is 68.3 Å². The van der Waals surface area contributed by atoms with Gasteiger partial charge in [-0.2, -0.15) is 0 Å². The second kappa shape index (κ2) is 9.85. The zero-order valence-corrected chi connectivity index (χ0v) is 19.0. The van der Waals surface area contributed by atoms with Gasteiger partial charge in [0.15, 0.2) is 24.1 Å². The molecule has 0 spiro atoms. The first-order chi connectivity index (χ1) is 14.9. The van der Waals surface area contributed by atoms with Crippen LogP contribution in [0.3, 0.4) is 0 Å². The van der Waals surface area contributed by atoms with Gasteiger partial charge in [-0.05, 0) is 56.5 Å². The molecule has 0 bridgehead atoms. The Morgan fingerprint density at radius 2 is 1.26 bits per heavy atom. The van der Waals surface area contributed by atoms with Crippen LogP contribution in [0.4, 0.5) is 0 Å². The standard InChI is InChI=1S/C24H29NO6/c1-14-8-17-11-22(28-6)23(29-7)13-21(17)24(25-14)18-9-19(30-15(2)26-4)12-20(10-18)31-16(3)27-5/h8-13,15-16H,1-7H3. The SMILES string of the molecule is COc1cc2cc(C)nc(-c3cc(OC(C)OC)cc(OC(C)OC)c3)c2cc1OC. The summed E-state index contributed by atoms with van der Waals surface area (Å²) in [6.07, 6.45) is -0.843. The van der Waals surface area contributed by atoms with E-state index in [-0.39, 0.29) is 0 Å². The van der Waals surface area contributed by atoms with Crippen LogP contribution in [0.1, 0.15) is 19.5 Å². The van der Waals surface area contributed by atoms with Gasteiger partial charge in [0.1, 0.15) is 11.5 Å². The molecule has 3 rings (SSSR count). The summed E-state index contributed by atoms with van der Waals surface area (Å²) < 4.78 is 33.3. The number of aromatic nitrogens is 1. The van der Waals surface area contributed by atoms with Crippen molar-refractivity contribution in [1.82, 2.24) is 4.98 Å². The zero-order valence-electron chi connectivity index (χ0n) is 19.0. The van der Waals surface area contributed by atoms with Crippen molar-refractivity contribution in [3.63, 3.8) is 0 Å². The monoisotopic (exact) mass is 427 g/mol. The molecule has 0 aliphatic carbocycles. The summed E-state index contributed by atoms with van der Waals surface area (Å²) in [5.41, 5.74) is 2.49. The van der Waals surface area contributed by atoms with E-state index in [4.69, 9.17) is 33.4 Å². The Balaban J connectivity index is 2.21. The molecule has 0 saturated heterocycles. The molecule has 166 valence electrons. The highest BCUT2D eigenvalue weighted by molar-refractivity contribution is 5.97. The molecule has 7 nitrogen and oxygen atoms in total. The number of methoxy groups -OCH3 is 4. The lowest BCUT2D eigenvalue weighted by Crippen LogP contribution is -2.15. The van der Waals surface area contributed by atoms with Crippen LogP contribution in [0.5, 0.6) is 23.0 Å². The van der Waals surface area contributed by atoms with E-state index in [1.54, 1.807) is 34.5 Å². The largest absolute Gasteiger partial charge is 0.493 e. The summed E-state index contributed by atoms with van der Waals surface area (Å²) in [4.78, 5) is 4.81. The first kappa shape index (κ1) is 22.7. The number of nitrogens with zero attached hydrogens (tertiary/aromatic N) is 1. The maximum Gasteiger partial charge on any atom is 0.196 e. The maximum atomic E-state index is 5.89. The van der Waals surface area contributed by atoms with Crippen molar-refractivity contribution in [3.8, 4) is 34.3 Å². The minimum absolute atomic E-state index is 0.422. The molecule has 0 aliphatic rings. The Labute approximate surface area is 182 Å². The number of aryl methyl sites for hydroxylation is 1. The molecule has 7 heteroatoms. The van der Waals surface area contributed by atoms with Gasteiger partial charge < -0.3 is 28.4 Å². The van der Waals surface area contributed by atoms with Crippen LogP contribution < -0.4 is 18.9 Å². The Bertz CT molecular complexity index is 1020. The van der Waals surface area contributed by atoms with Gasteiger partial charge in [0.05, 0.1) is 19.9 Å². The van der Waals surface area contributed by atoms with Crippen LogP contribution in [-0.4, -0.2) is 46.0 Å². The van der Waals surface area contributed by atoms with Crippen molar-refractivity contribution in [1.29, 1.82) is 0 Å². The van der Waals surface area contributed by atoms with E-state index in [0.29, 0.717) is 23.0 Å². The van der Waals surface area contributed by atoms with Crippen molar-refractivity contribution in [2.45, 2.75) is 33.4 Å². The Morgan fingerprint density at radius 1 is 0.710 bits per heavy atom. The molecule has 0 amide bonds. The Kier molecular flexibility index (Phi) is 7.20. The smallest absolute Gasteiger partial charge is 0.196 e. The molecule has 0 fully saturated rings. The van der Waals surface area contributed by atoms with E-state index < -0.39 is 12.6 Å².